The predicted octanol–water partition coefficient (Wildman–Crippen LogP) is 2.01. The average Bonchev–Trinajstić information content (AvgIpc) is 2.53. The lowest BCUT2D eigenvalue weighted by molar-refractivity contribution is -0.153. The van der Waals surface area contributed by atoms with Crippen LogP contribution in [0.5, 0.6) is 0 Å². The van der Waals surface area contributed by atoms with Gasteiger partial charge in [-0.3, -0.25) is 14.6 Å². The van der Waals surface area contributed by atoms with Crippen molar-refractivity contribution >= 4 is 41.8 Å². The van der Waals surface area contributed by atoms with Gasteiger partial charge in [0.1, 0.15) is 12.1 Å². The molecule has 1 aromatic carbocycles. The van der Waals surface area contributed by atoms with Gasteiger partial charge in [-0.2, -0.15) is 0 Å². The van der Waals surface area contributed by atoms with E-state index in [0.717, 1.165) is 5.56 Å². The number of carbonyl (C=O) groups is 2. The molecular formula is C18H29IN4O3. The maximum Gasteiger partial charge on any atom is 0.325 e. The van der Waals surface area contributed by atoms with Gasteiger partial charge in [-0.1, -0.05) is 12.1 Å². The van der Waals surface area contributed by atoms with Crippen LogP contribution < -0.4 is 10.6 Å². The minimum absolute atomic E-state index is 0. The summed E-state index contributed by atoms with van der Waals surface area (Å²) in [6.45, 7) is 6.02. The molecule has 0 aliphatic carbocycles. The summed E-state index contributed by atoms with van der Waals surface area (Å²) in [5.41, 5.74) is 1.12. The molecule has 1 amide bonds. The van der Waals surface area contributed by atoms with Gasteiger partial charge in [-0.05, 0) is 38.5 Å². The number of ether oxygens (including phenoxy) is 1. The second kappa shape index (κ2) is 11.0. The van der Waals surface area contributed by atoms with Crippen molar-refractivity contribution in [2.45, 2.75) is 32.9 Å². The Morgan fingerprint density at radius 3 is 2.15 bits per heavy atom. The molecule has 0 spiro atoms. The predicted molar refractivity (Wildman–Crippen MR) is 114 cm³/mol. The van der Waals surface area contributed by atoms with Crippen LogP contribution in [0.1, 0.15) is 36.7 Å². The van der Waals surface area contributed by atoms with Crippen LogP contribution in [-0.2, 0) is 16.1 Å². The van der Waals surface area contributed by atoms with Crippen LogP contribution in [0, 0.1) is 0 Å². The average molecular weight is 476 g/mol. The van der Waals surface area contributed by atoms with Gasteiger partial charge in [0.2, 0.25) is 0 Å². The third-order valence-corrected chi connectivity index (χ3v) is 3.11. The molecule has 0 atom stereocenters. The molecule has 0 fully saturated rings. The molecule has 0 saturated heterocycles. The molecule has 0 radical (unpaired) electrons. The molecule has 7 nitrogen and oxygen atoms in total. The number of benzene rings is 1. The molecule has 1 rings (SSSR count). The minimum atomic E-state index is -0.512. The van der Waals surface area contributed by atoms with Crippen molar-refractivity contribution in [2.24, 2.45) is 4.99 Å². The van der Waals surface area contributed by atoms with Crippen molar-refractivity contribution < 1.29 is 14.3 Å². The lowest BCUT2D eigenvalue weighted by Gasteiger charge is -2.20. The van der Waals surface area contributed by atoms with Gasteiger partial charge in [0.05, 0.1) is 0 Å². The van der Waals surface area contributed by atoms with Crippen molar-refractivity contribution in [1.29, 1.82) is 0 Å². The summed E-state index contributed by atoms with van der Waals surface area (Å²) in [7, 11) is 5.07. The first-order chi connectivity index (χ1) is 11.6. The molecule has 1 aromatic rings. The van der Waals surface area contributed by atoms with Gasteiger partial charge in [-0.25, -0.2) is 0 Å². The zero-order chi connectivity index (χ0) is 19.0. The summed E-state index contributed by atoms with van der Waals surface area (Å²) in [5, 5.41) is 6.02. The van der Waals surface area contributed by atoms with Crippen LogP contribution in [0.25, 0.3) is 0 Å². The highest BCUT2D eigenvalue weighted by atomic mass is 127. The van der Waals surface area contributed by atoms with Crippen LogP contribution in [0.15, 0.2) is 29.3 Å². The highest BCUT2D eigenvalue weighted by Crippen LogP contribution is 2.07. The van der Waals surface area contributed by atoms with Gasteiger partial charge < -0.3 is 20.3 Å². The summed E-state index contributed by atoms with van der Waals surface area (Å²) < 4.78 is 5.23. The number of nitrogens with one attached hydrogen (secondary N) is 2. The van der Waals surface area contributed by atoms with E-state index in [4.69, 9.17) is 4.74 Å². The largest absolute Gasteiger partial charge is 0.459 e. The van der Waals surface area contributed by atoms with Gasteiger partial charge >= 0.3 is 5.97 Å². The lowest BCUT2D eigenvalue weighted by Crippen LogP contribution is -2.41. The van der Waals surface area contributed by atoms with Gasteiger partial charge in [0.15, 0.2) is 5.96 Å². The fourth-order valence-corrected chi connectivity index (χ4v) is 1.96. The SMILES string of the molecule is CN=C(NCC(=O)OC(C)(C)C)NCc1ccc(C(=O)N(C)C)cc1.I. The second-order valence-electron chi connectivity index (χ2n) is 6.76. The molecule has 26 heavy (non-hydrogen) atoms. The first-order valence-electron chi connectivity index (χ1n) is 8.09. The summed E-state index contributed by atoms with van der Waals surface area (Å²) in [6, 6.07) is 7.34. The number of nitrogens with zero attached hydrogens (tertiary/aromatic N) is 2. The van der Waals surface area contributed by atoms with E-state index in [-0.39, 0.29) is 42.4 Å². The van der Waals surface area contributed by atoms with Crippen LogP contribution in [0.4, 0.5) is 0 Å². The Morgan fingerprint density at radius 2 is 1.69 bits per heavy atom. The number of hydrogen-bond donors (Lipinski definition) is 2. The number of hydrogen-bond acceptors (Lipinski definition) is 4. The number of esters is 1. The number of amides is 1. The fourth-order valence-electron chi connectivity index (χ4n) is 1.96. The Morgan fingerprint density at radius 1 is 1.12 bits per heavy atom. The molecule has 0 saturated carbocycles. The lowest BCUT2D eigenvalue weighted by atomic mass is 10.1. The number of halogens is 1. The van der Waals surface area contributed by atoms with Gasteiger partial charge in [0, 0.05) is 33.3 Å². The Bertz CT molecular complexity index is 622. The molecular weight excluding hydrogens is 447 g/mol. The second-order valence-corrected chi connectivity index (χ2v) is 6.76. The number of aliphatic imine (C=N–C) groups is 1. The normalized spacial score (nSPS) is 11.2. The smallest absolute Gasteiger partial charge is 0.325 e. The Hall–Kier alpha value is -1.84. The quantitative estimate of drug-likeness (QED) is 0.294. The molecule has 0 aromatic heterocycles. The van der Waals surface area contributed by atoms with Crippen molar-refractivity contribution in [1.82, 2.24) is 15.5 Å². The molecule has 8 heteroatoms. The van der Waals surface area contributed by atoms with E-state index in [2.05, 4.69) is 15.6 Å². The Balaban J connectivity index is 0.00000625. The van der Waals surface area contributed by atoms with Crippen molar-refractivity contribution in [2.75, 3.05) is 27.7 Å². The number of carbonyl (C=O) groups excluding carboxylic acids is 2. The van der Waals surface area contributed by atoms with E-state index in [1.54, 1.807) is 33.3 Å². The maximum absolute atomic E-state index is 11.9. The highest BCUT2D eigenvalue weighted by molar-refractivity contribution is 14.0. The van der Waals surface area contributed by atoms with Crippen molar-refractivity contribution in [3.8, 4) is 0 Å². The van der Waals surface area contributed by atoms with Crippen LogP contribution in [0.3, 0.4) is 0 Å². The van der Waals surface area contributed by atoms with Crippen molar-refractivity contribution in [3.05, 3.63) is 35.4 Å². The Kier molecular flexibility index (Phi) is 10.2. The van der Waals surface area contributed by atoms with Crippen LogP contribution >= 0.6 is 24.0 Å². The topological polar surface area (TPSA) is 83.0 Å². The van der Waals surface area contributed by atoms with E-state index in [1.807, 2.05) is 32.9 Å². The molecule has 0 bridgehead atoms. The summed E-state index contributed by atoms with van der Waals surface area (Å²) in [6.07, 6.45) is 0. The number of guanidine groups is 1. The van der Waals surface area contributed by atoms with E-state index >= 15 is 0 Å². The summed E-state index contributed by atoms with van der Waals surface area (Å²) >= 11 is 0. The third kappa shape index (κ3) is 9.02. The van der Waals surface area contributed by atoms with E-state index < -0.39 is 5.60 Å². The minimum Gasteiger partial charge on any atom is -0.459 e. The zero-order valence-electron chi connectivity index (χ0n) is 16.3. The molecule has 2 N–H and O–H groups in total. The van der Waals surface area contributed by atoms with E-state index in [0.29, 0.717) is 18.1 Å². The maximum atomic E-state index is 11.9. The first-order valence-corrected chi connectivity index (χ1v) is 8.09. The van der Waals surface area contributed by atoms with Crippen LogP contribution in [0.2, 0.25) is 0 Å². The van der Waals surface area contributed by atoms with E-state index in [1.165, 1.54) is 4.90 Å². The van der Waals surface area contributed by atoms with Gasteiger partial charge in [0.25, 0.3) is 5.91 Å². The van der Waals surface area contributed by atoms with Crippen LogP contribution in [-0.4, -0.2) is 56.0 Å². The Labute approximate surface area is 172 Å². The highest BCUT2D eigenvalue weighted by Gasteiger charge is 2.16. The zero-order valence-corrected chi connectivity index (χ0v) is 18.6. The summed E-state index contributed by atoms with van der Waals surface area (Å²) in [4.78, 5) is 29.2. The van der Waals surface area contributed by atoms with Crippen molar-refractivity contribution in [3.63, 3.8) is 0 Å². The molecule has 0 heterocycles. The van der Waals surface area contributed by atoms with E-state index in [9.17, 15) is 9.59 Å². The number of rotatable bonds is 5. The summed E-state index contributed by atoms with van der Waals surface area (Å²) in [5.74, 6) is 0.121. The first kappa shape index (κ1) is 24.2. The molecule has 146 valence electrons. The standard InChI is InChI=1S/C18H28N4O3.HI/c1-18(2,3)25-15(23)12-21-17(19-4)20-11-13-7-9-14(10-8-13)16(24)22(5)6;/h7-10H,11-12H2,1-6H3,(H2,19,20,21);1H. The van der Waals surface area contributed by atoms with Gasteiger partial charge in [-0.15, -0.1) is 24.0 Å². The third-order valence-electron chi connectivity index (χ3n) is 3.11. The monoisotopic (exact) mass is 476 g/mol. The fraction of sp³-hybridized carbons (Fsp3) is 0.500. The molecule has 0 unspecified atom stereocenters. The molecule has 0 aliphatic rings. The molecule has 0 aliphatic heterocycles.